The summed E-state index contributed by atoms with van der Waals surface area (Å²) in [6.07, 6.45) is 11.0. The molecular weight excluding hydrogens is 354 g/mol. The van der Waals surface area contributed by atoms with Crippen molar-refractivity contribution in [2.45, 2.75) is 12.3 Å². The third kappa shape index (κ3) is 2.88. The van der Waals surface area contributed by atoms with E-state index in [1.165, 1.54) is 12.4 Å². The average molecular weight is 371 g/mol. The Morgan fingerprint density at radius 3 is 2.79 bits per heavy atom. The van der Waals surface area contributed by atoms with Gasteiger partial charge in [-0.15, -0.1) is 5.10 Å². The van der Waals surface area contributed by atoms with Crippen molar-refractivity contribution >= 4 is 11.4 Å². The Bertz CT molecular complexity index is 1130. The van der Waals surface area contributed by atoms with E-state index < -0.39 is 0 Å². The first-order chi connectivity index (χ1) is 13.8. The molecule has 0 saturated carbocycles. The number of hydrogen-bond donors (Lipinski definition) is 0. The molecule has 5 heterocycles. The molecule has 1 amide bonds. The van der Waals surface area contributed by atoms with Gasteiger partial charge in [-0.25, -0.2) is 9.50 Å². The summed E-state index contributed by atoms with van der Waals surface area (Å²) in [5.41, 5.74) is 4.32. The molecule has 1 aliphatic heterocycles. The van der Waals surface area contributed by atoms with Gasteiger partial charge in [0.25, 0.3) is 5.91 Å². The summed E-state index contributed by atoms with van der Waals surface area (Å²) in [5.74, 6) is 0.0632. The van der Waals surface area contributed by atoms with Gasteiger partial charge in [-0.3, -0.25) is 14.8 Å². The van der Waals surface area contributed by atoms with Crippen molar-refractivity contribution in [2.24, 2.45) is 0 Å². The molecule has 1 fully saturated rings. The highest BCUT2D eigenvalue weighted by atomic mass is 16.2. The second kappa shape index (κ2) is 6.80. The normalized spacial score (nSPS) is 16.6. The first-order valence-electron chi connectivity index (χ1n) is 9.10. The number of pyridine rings is 2. The molecule has 0 radical (unpaired) electrons. The number of rotatable bonds is 3. The first kappa shape index (κ1) is 16.5. The van der Waals surface area contributed by atoms with Crippen LogP contribution in [0.2, 0.25) is 0 Å². The van der Waals surface area contributed by atoms with E-state index >= 15 is 0 Å². The van der Waals surface area contributed by atoms with Crippen LogP contribution in [0.25, 0.3) is 16.6 Å². The van der Waals surface area contributed by atoms with Crippen molar-refractivity contribution < 1.29 is 4.79 Å². The quantitative estimate of drug-likeness (QED) is 0.549. The molecule has 4 aromatic rings. The van der Waals surface area contributed by atoms with Gasteiger partial charge >= 0.3 is 0 Å². The third-order valence-electron chi connectivity index (χ3n) is 5.08. The first-order valence-corrected chi connectivity index (χ1v) is 9.10. The SMILES string of the molecule is O=C(c1cnccn1)N1CC[C@H](c2nnn3cc(-c4cccnc4)ccc23)C1. The van der Waals surface area contributed by atoms with E-state index in [0.717, 1.165) is 28.8 Å². The lowest BCUT2D eigenvalue weighted by molar-refractivity contribution is 0.0784. The standard InChI is InChI=1S/C20H17N7O/c28-20(17-11-22-7-8-23-17)26-9-5-16(12-26)19-18-4-3-15(13-27(18)25-24-19)14-2-1-6-21-10-14/h1-4,6-8,10-11,13,16H,5,9,12H2/t16-/m0/s1. The Morgan fingerprint density at radius 2 is 1.96 bits per heavy atom. The van der Waals surface area contributed by atoms with Crippen LogP contribution in [0.3, 0.4) is 0 Å². The number of aromatic nitrogens is 6. The molecule has 4 aromatic heterocycles. The van der Waals surface area contributed by atoms with E-state index in [-0.39, 0.29) is 11.8 Å². The zero-order valence-electron chi connectivity index (χ0n) is 15.0. The molecule has 5 rings (SSSR count). The van der Waals surface area contributed by atoms with Gasteiger partial charge in [0.05, 0.1) is 17.4 Å². The molecule has 1 aliphatic rings. The zero-order valence-corrected chi connectivity index (χ0v) is 15.0. The minimum absolute atomic E-state index is 0.0917. The van der Waals surface area contributed by atoms with Gasteiger partial charge in [-0.1, -0.05) is 17.3 Å². The second-order valence-electron chi connectivity index (χ2n) is 6.79. The fraction of sp³-hybridized carbons (Fsp3) is 0.200. The van der Waals surface area contributed by atoms with E-state index in [1.54, 1.807) is 16.9 Å². The van der Waals surface area contributed by atoms with Gasteiger partial charge in [0.1, 0.15) is 5.69 Å². The monoisotopic (exact) mass is 371 g/mol. The number of likely N-dealkylation sites (tertiary alicyclic amines) is 1. The fourth-order valence-electron chi connectivity index (χ4n) is 3.65. The topological polar surface area (TPSA) is 89.2 Å². The molecule has 8 nitrogen and oxygen atoms in total. The summed E-state index contributed by atoms with van der Waals surface area (Å²) in [6, 6.07) is 8.01. The molecule has 1 atom stereocenters. The molecule has 138 valence electrons. The predicted octanol–water partition coefficient (Wildman–Crippen LogP) is 2.21. The largest absolute Gasteiger partial charge is 0.337 e. The summed E-state index contributed by atoms with van der Waals surface area (Å²) in [6.45, 7) is 1.28. The maximum absolute atomic E-state index is 12.6. The highest BCUT2D eigenvalue weighted by Crippen LogP contribution is 2.30. The molecular formula is C20H17N7O. The van der Waals surface area contributed by atoms with Crippen LogP contribution in [0.15, 0.2) is 61.4 Å². The molecule has 0 unspecified atom stereocenters. The molecule has 0 N–H and O–H groups in total. The van der Waals surface area contributed by atoms with Crippen molar-refractivity contribution in [3.8, 4) is 11.1 Å². The van der Waals surface area contributed by atoms with Crippen LogP contribution in [0.5, 0.6) is 0 Å². The van der Waals surface area contributed by atoms with Crippen molar-refractivity contribution in [2.75, 3.05) is 13.1 Å². The van der Waals surface area contributed by atoms with Crippen molar-refractivity contribution in [3.05, 3.63) is 72.8 Å². The molecule has 0 aromatic carbocycles. The smallest absolute Gasteiger partial charge is 0.274 e. The van der Waals surface area contributed by atoms with Crippen molar-refractivity contribution in [3.63, 3.8) is 0 Å². The number of carbonyl (C=O) groups excluding carboxylic acids is 1. The zero-order chi connectivity index (χ0) is 18.9. The van der Waals surface area contributed by atoms with Gasteiger partial charge in [-0.05, 0) is 18.6 Å². The van der Waals surface area contributed by atoms with Crippen LogP contribution in [0, 0.1) is 0 Å². The van der Waals surface area contributed by atoms with Gasteiger partial charge in [0.15, 0.2) is 0 Å². The second-order valence-corrected chi connectivity index (χ2v) is 6.79. The Hall–Kier alpha value is -3.68. The maximum atomic E-state index is 12.6. The Labute approximate surface area is 160 Å². The summed E-state index contributed by atoms with van der Waals surface area (Å²) in [7, 11) is 0. The average Bonchev–Trinajstić information content (AvgIpc) is 3.41. The lowest BCUT2D eigenvalue weighted by Crippen LogP contribution is -2.29. The van der Waals surface area contributed by atoms with Gasteiger partial charge in [0.2, 0.25) is 0 Å². The van der Waals surface area contributed by atoms with E-state index in [9.17, 15) is 4.79 Å². The summed E-state index contributed by atoms with van der Waals surface area (Å²) in [4.78, 5) is 26.7. The van der Waals surface area contributed by atoms with E-state index in [4.69, 9.17) is 0 Å². The van der Waals surface area contributed by atoms with Gasteiger partial charge in [-0.2, -0.15) is 0 Å². The van der Waals surface area contributed by atoms with Crippen LogP contribution >= 0.6 is 0 Å². The Kier molecular flexibility index (Phi) is 4.01. The highest BCUT2D eigenvalue weighted by Gasteiger charge is 2.31. The molecule has 0 aliphatic carbocycles. The summed E-state index contributed by atoms with van der Waals surface area (Å²) in [5, 5.41) is 8.71. The van der Waals surface area contributed by atoms with Crippen LogP contribution in [-0.2, 0) is 0 Å². The van der Waals surface area contributed by atoms with Crippen LogP contribution in [-0.4, -0.2) is 53.7 Å². The van der Waals surface area contributed by atoms with Crippen molar-refractivity contribution in [1.29, 1.82) is 0 Å². The minimum atomic E-state index is -0.0917. The Morgan fingerprint density at radius 1 is 1.04 bits per heavy atom. The van der Waals surface area contributed by atoms with E-state index in [1.807, 2.05) is 35.5 Å². The lowest BCUT2D eigenvalue weighted by atomic mass is 10.0. The number of hydrogen-bond acceptors (Lipinski definition) is 6. The number of carbonyl (C=O) groups is 1. The molecule has 0 spiro atoms. The third-order valence-corrected chi connectivity index (χ3v) is 5.08. The van der Waals surface area contributed by atoms with Crippen LogP contribution < -0.4 is 0 Å². The highest BCUT2D eigenvalue weighted by molar-refractivity contribution is 5.92. The summed E-state index contributed by atoms with van der Waals surface area (Å²) >= 11 is 0. The minimum Gasteiger partial charge on any atom is -0.337 e. The maximum Gasteiger partial charge on any atom is 0.274 e. The molecule has 28 heavy (non-hydrogen) atoms. The lowest BCUT2D eigenvalue weighted by Gasteiger charge is -2.15. The Balaban J connectivity index is 1.39. The van der Waals surface area contributed by atoms with E-state index in [2.05, 4.69) is 31.3 Å². The van der Waals surface area contributed by atoms with Crippen LogP contribution in [0.4, 0.5) is 0 Å². The van der Waals surface area contributed by atoms with Gasteiger partial charge in [0, 0.05) is 61.1 Å². The fourth-order valence-corrected chi connectivity index (χ4v) is 3.65. The number of amides is 1. The van der Waals surface area contributed by atoms with Crippen molar-refractivity contribution in [1.82, 2.24) is 34.7 Å². The number of fused-ring (bicyclic) bond motifs is 1. The van der Waals surface area contributed by atoms with Gasteiger partial charge < -0.3 is 4.90 Å². The molecule has 1 saturated heterocycles. The molecule has 0 bridgehead atoms. The predicted molar refractivity (Wildman–Crippen MR) is 102 cm³/mol. The van der Waals surface area contributed by atoms with Crippen LogP contribution in [0.1, 0.15) is 28.5 Å². The molecule has 8 heteroatoms. The number of nitrogens with zero attached hydrogens (tertiary/aromatic N) is 7. The van der Waals surface area contributed by atoms with E-state index in [0.29, 0.717) is 18.8 Å². The summed E-state index contributed by atoms with van der Waals surface area (Å²) < 4.78 is 1.80.